The maximum absolute atomic E-state index is 13.4. The lowest BCUT2D eigenvalue weighted by Gasteiger charge is -2.14. The fraction of sp³-hybridized carbons (Fsp3) is 0.286. The Bertz CT molecular complexity index is 704. The monoisotopic (exact) mass is 322 g/mol. The molecule has 1 amide bonds. The van der Waals surface area contributed by atoms with Crippen molar-refractivity contribution >= 4 is 11.9 Å². The molecule has 1 heterocycles. The minimum absolute atomic E-state index is 0.0115. The third-order valence-corrected chi connectivity index (χ3v) is 2.84. The predicted octanol–water partition coefficient (Wildman–Crippen LogP) is 0.585. The first-order valence-corrected chi connectivity index (χ1v) is 6.75. The second-order valence-electron chi connectivity index (χ2n) is 4.71. The fourth-order valence-corrected chi connectivity index (χ4v) is 1.74. The van der Waals surface area contributed by atoms with Crippen LogP contribution in [0.3, 0.4) is 0 Å². The quantitative estimate of drug-likeness (QED) is 0.772. The van der Waals surface area contributed by atoms with E-state index in [0.717, 1.165) is 4.68 Å². The SMILES string of the molecule is CC(Oc1ccccc1F)C(=O)NCc1cn(CC(=O)O)nn1. The highest BCUT2D eigenvalue weighted by molar-refractivity contribution is 5.80. The number of hydrogen-bond donors (Lipinski definition) is 2. The summed E-state index contributed by atoms with van der Waals surface area (Å²) < 4.78 is 19.8. The number of nitrogens with zero attached hydrogens (tertiary/aromatic N) is 3. The van der Waals surface area contributed by atoms with Crippen molar-refractivity contribution in [2.24, 2.45) is 0 Å². The molecule has 0 aliphatic rings. The van der Waals surface area contributed by atoms with Gasteiger partial charge >= 0.3 is 5.97 Å². The van der Waals surface area contributed by atoms with Gasteiger partial charge in [-0.3, -0.25) is 9.59 Å². The first-order chi connectivity index (χ1) is 11.0. The zero-order valence-corrected chi connectivity index (χ0v) is 12.3. The smallest absolute Gasteiger partial charge is 0.325 e. The molecule has 0 aliphatic heterocycles. The van der Waals surface area contributed by atoms with Crippen LogP contribution in [0.2, 0.25) is 0 Å². The molecular formula is C14H15FN4O4. The maximum atomic E-state index is 13.4. The van der Waals surface area contributed by atoms with Gasteiger partial charge < -0.3 is 15.2 Å². The molecule has 1 aromatic carbocycles. The van der Waals surface area contributed by atoms with Gasteiger partial charge in [-0.25, -0.2) is 9.07 Å². The van der Waals surface area contributed by atoms with Crippen LogP contribution in [0, 0.1) is 5.82 Å². The van der Waals surface area contributed by atoms with E-state index in [9.17, 15) is 14.0 Å². The van der Waals surface area contributed by atoms with E-state index < -0.39 is 23.8 Å². The summed E-state index contributed by atoms with van der Waals surface area (Å²) in [5, 5.41) is 18.5. The Balaban J connectivity index is 1.85. The normalized spacial score (nSPS) is 11.7. The van der Waals surface area contributed by atoms with Crippen molar-refractivity contribution in [2.45, 2.75) is 26.1 Å². The number of carboxylic acid groups (broad SMARTS) is 1. The van der Waals surface area contributed by atoms with Gasteiger partial charge in [0.1, 0.15) is 12.2 Å². The Morgan fingerprint density at radius 1 is 1.43 bits per heavy atom. The van der Waals surface area contributed by atoms with Crippen LogP contribution < -0.4 is 10.1 Å². The molecule has 0 fully saturated rings. The number of amides is 1. The van der Waals surface area contributed by atoms with Gasteiger partial charge in [-0.2, -0.15) is 0 Å². The molecule has 0 saturated heterocycles. The molecule has 122 valence electrons. The average molecular weight is 322 g/mol. The van der Waals surface area contributed by atoms with Crippen molar-refractivity contribution in [3.05, 3.63) is 42.0 Å². The number of halogens is 1. The summed E-state index contributed by atoms with van der Waals surface area (Å²) in [5.41, 5.74) is 0.401. The molecule has 0 saturated carbocycles. The molecule has 1 unspecified atom stereocenters. The molecule has 0 spiro atoms. The number of ether oxygens (including phenoxy) is 1. The van der Waals surface area contributed by atoms with Gasteiger partial charge in [0.2, 0.25) is 0 Å². The number of aromatic nitrogens is 3. The van der Waals surface area contributed by atoms with E-state index in [1.165, 1.54) is 31.3 Å². The number of hydrogen-bond acceptors (Lipinski definition) is 5. The summed E-state index contributed by atoms with van der Waals surface area (Å²) >= 11 is 0. The Morgan fingerprint density at radius 2 is 2.17 bits per heavy atom. The van der Waals surface area contributed by atoms with Gasteiger partial charge in [0.05, 0.1) is 12.7 Å². The van der Waals surface area contributed by atoms with Crippen molar-refractivity contribution in [3.8, 4) is 5.75 Å². The molecule has 9 heteroatoms. The van der Waals surface area contributed by atoms with E-state index in [-0.39, 0.29) is 18.8 Å². The molecule has 2 aromatic rings. The van der Waals surface area contributed by atoms with Gasteiger partial charge in [-0.05, 0) is 19.1 Å². The Kier molecular flexibility index (Phi) is 5.23. The number of aliphatic carboxylic acids is 1. The van der Waals surface area contributed by atoms with Gasteiger partial charge in [0, 0.05) is 0 Å². The summed E-state index contributed by atoms with van der Waals surface area (Å²) in [6.45, 7) is 1.24. The molecule has 8 nitrogen and oxygen atoms in total. The highest BCUT2D eigenvalue weighted by Gasteiger charge is 2.16. The Hall–Kier alpha value is -2.97. The Morgan fingerprint density at radius 3 is 2.87 bits per heavy atom. The highest BCUT2D eigenvalue weighted by Crippen LogP contribution is 2.16. The van der Waals surface area contributed by atoms with Crippen LogP contribution in [0.15, 0.2) is 30.5 Å². The van der Waals surface area contributed by atoms with Crippen LogP contribution in [0.4, 0.5) is 4.39 Å². The van der Waals surface area contributed by atoms with Crippen LogP contribution >= 0.6 is 0 Å². The fourth-order valence-electron chi connectivity index (χ4n) is 1.74. The zero-order valence-electron chi connectivity index (χ0n) is 12.3. The number of nitrogens with one attached hydrogen (secondary N) is 1. The van der Waals surface area contributed by atoms with E-state index in [1.807, 2.05) is 0 Å². The lowest BCUT2D eigenvalue weighted by atomic mass is 10.3. The van der Waals surface area contributed by atoms with E-state index in [4.69, 9.17) is 9.84 Å². The van der Waals surface area contributed by atoms with Crippen molar-refractivity contribution in [3.63, 3.8) is 0 Å². The second kappa shape index (κ2) is 7.34. The first kappa shape index (κ1) is 16.4. The average Bonchev–Trinajstić information content (AvgIpc) is 2.93. The highest BCUT2D eigenvalue weighted by atomic mass is 19.1. The minimum atomic E-state index is -1.04. The number of carbonyl (C=O) groups is 2. The van der Waals surface area contributed by atoms with Crippen molar-refractivity contribution < 1.29 is 23.8 Å². The van der Waals surface area contributed by atoms with Crippen molar-refractivity contribution in [1.82, 2.24) is 20.3 Å². The molecule has 2 N–H and O–H groups in total. The van der Waals surface area contributed by atoms with E-state index in [2.05, 4.69) is 15.6 Å². The van der Waals surface area contributed by atoms with Crippen LogP contribution in [0.5, 0.6) is 5.75 Å². The lowest BCUT2D eigenvalue weighted by molar-refractivity contribution is -0.138. The van der Waals surface area contributed by atoms with Crippen LogP contribution in [0.25, 0.3) is 0 Å². The van der Waals surface area contributed by atoms with Crippen molar-refractivity contribution in [1.29, 1.82) is 0 Å². The largest absolute Gasteiger partial charge is 0.480 e. The van der Waals surface area contributed by atoms with Gasteiger partial charge in [-0.15, -0.1) is 5.10 Å². The predicted molar refractivity (Wildman–Crippen MR) is 76.0 cm³/mol. The van der Waals surface area contributed by atoms with E-state index in [0.29, 0.717) is 5.69 Å². The van der Waals surface area contributed by atoms with Crippen LogP contribution in [0.1, 0.15) is 12.6 Å². The lowest BCUT2D eigenvalue weighted by Crippen LogP contribution is -2.36. The molecule has 0 aliphatic carbocycles. The molecule has 1 atom stereocenters. The van der Waals surface area contributed by atoms with Crippen molar-refractivity contribution in [2.75, 3.05) is 0 Å². The molecule has 23 heavy (non-hydrogen) atoms. The van der Waals surface area contributed by atoms with Gasteiger partial charge in [-0.1, -0.05) is 17.3 Å². The number of carboxylic acids is 1. The first-order valence-electron chi connectivity index (χ1n) is 6.75. The second-order valence-corrected chi connectivity index (χ2v) is 4.71. The summed E-state index contributed by atoms with van der Waals surface area (Å²) in [4.78, 5) is 22.4. The Labute approximate surface area is 130 Å². The zero-order chi connectivity index (χ0) is 16.8. The third kappa shape index (κ3) is 4.77. The molecular weight excluding hydrogens is 307 g/mol. The molecule has 0 radical (unpaired) electrons. The molecule has 2 rings (SSSR count). The summed E-state index contributed by atoms with van der Waals surface area (Å²) in [5.74, 6) is -2.07. The summed E-state index contributed by atoms with van der Waals surface area (Å²) in [7, 11) is 0. The maximum Gasteiger partial charge on any atom is 0.325 e. The van der Waals surface area contributed by atoms with E-state index in [1.54, 1.807) is 6.07 Å². The van der Waals surface area contributed by atoms with E-state index >= 15 is 0 Å². The third-order valence-electron chi connectivity index (χ3n) is 2.84. The molecule has 1 aromatic heterocycles. The van der Waals surface area contributed by atoms with Gasteiger partial charge in [0.25, 0.3) is 5.91 Å². The van der Waals surface area contributed by atoms with Crippen LogP contribution in [-0.2, 0) is 22.7 Å². The summed E-state index contributed by atoms with van der Waals surface area (Å²) in [6, 6.07) is 5.79. The number of carbonyl (C=O) groups excluding carboxylic acids is 1. The summed E-state index contributed by atoms with van der Waals surface area (Å²) in [6.07, 6.45) is 0.512. The minimum Gasteiger partial charge on any atom is -0.480 e. The number of rotatable bonds is 7. The van der Waals surface area contributed by atoms with Gasteiger partial charge in [0.15, 0.2) is 17.7 Å². The topological polar surface area (TPSA) is 106 Å². The standard InChI is InChI=1S/C14H15FN4O4/c1-9(23-12-5-3-2-4-11(12)15)14(22)16-6-10-7-19(18-17-10)8-13(20)21/h2-5,7,9H,6,8H2,1H3,(H,16,22)(H,20,21). The molecule has 0 bridgehead atoms. The van der Waals surface area contributed by atoms with Crippen LogP contribution in [-0.4, -0.2) is 38.1 Å². The number of para-hydroxylation sites is 1. The number of benzene rings is 1.